The van der Waals surface area contributed by atoms with Crippen LogP contribution in [0.25, 0.3) is 10.6 Å². The fourth-order valence-corrected chi connectivity index (χ4v) is 3.78. The molecule has 1 amide bonds. The van der Waals surface area contributed by atoms with Crippen LogP contribution in [-0.2, 0) is 0 Å². The van der Waals surface area contributed by atoms with Crippen LogP contribution in [0.4, 0.5) is 0 Å². The number of nitrogens with zero attached hydrogens (tertiary/aromatic N) is 2. The smallest absolute Gasteiger partial charge is 0.276 e. The van der Waals surface area contributed by atoms with E-state index in [0.717, 1.165) is 43.9 Å². The molecule has 1 fully saturated rings. The van der Waals surface area contributed by atoms with Gasteiger partial charge in [-0.15, -0.1) is 23.7 Å². The van der Waals surface area contributed by atoms with Crippen molar-refractivity contribution in [1.29, 1.82) is 0 Å². The molecule has 5 nitrogen and oxygen atoms in total. The standard InChI is InChI=1S/C16H20ClN3O2S.ClH/c1-2-18-10-11-5-7-20(8-6-11)16(21)12-9-13(22-19-12)14-3-4-15(17)23-14;/h3-4,9,11,18H,2,5-8,10H2,1H3;1H. The molecular weight excluding hydrogens is 369 g/mol. The predicted molar refractivity (Wildman–Crippen MR) is 99.2 cm³/mol. The lowest BCUT2D eigenvalue weighted by molar-refractivity contribution is 0.0680. The van der Waals surface area contributed by atoms with E-state index in [1.165, 1.54) is 11.3 Å². The van der Waals surface area contributed by atoms with Crippen molar-refractivity contribution in [2.24, 2.45) is 5.92 Å². The number of piperidine rings is 1. The van der Waals surface area contributed by atoms with Crippen LogP contribution in [-0.4, -0.2) is 42.1 Å². The van der Waals surface area contributed by atoms with Gasteiger partial charge in [0, 0.05) is 19.2 Å². The van der Waals surface area contributed by atoms with Crippen LogP contribution in [0.15, 0.2) is 22.7 Å². The Balaban J connectivity index is 0.00000208. The maximum absolute atomic E-state index is 12.5. The number of halogens is 2. The maximum Gasteiger partial charge on any atom is 0.276 e. The number of nitrogens with one attached hydrogen (secondary N) is 1. The minimum atomic E-state index is -0.0513. The molecule has 24 heavy (non-hydrogen) atoms. The van der Waals surface area contributed by atoms with Crippen LogP contribution in [0.1, 0.15) is 30.3 Å². The quantitative estimate of drug-likeness (QED) is 0.840. The summed E-state index contributed by atoms with van der Waals surface area (Å²) in [5, 5.41) is 7.31. The Morgan fingerprint density at radius 1 is 1.46 bits per heavy atom. The second-order valence-electron chi connectivity index (χ2n) is 5.72. The second-order valence-corrected chi connectivity index (χ2v) is 7.44. The Kier molecular flexibility index (Phi) is 7.10. The van der Waals surface area contributed by atoms with E-state index in [2.05, 4.69) is 17.4 Å². The van der Waals surface area contributed by atoms with E-state index in [0.29, 0.717) is 21.7 Å². The molecule has 3 heterocycles. The SMILES string of the molecule is CCNCC1CCN(C(=O)c2cc(-c3ccc(Cl)s3)on2)CC1.Cl. The molecule has 0 spiro atoms. The van der Waals surface area contributed by atoms with Crippen LogP contribution in [0.2, 0.25) is 4.34 Å². The molecule has 0 saturated carbocycles. The van der Waals surface area contributed by atoms with Gasteiger partial charge in [0.15, 0.2) is 11.5 Å². The van der Waals surface area contributed by atoms with Crippen LogP contribution in [0.3, 0.4) is 0 Å². The molecule has 3 rings (SSSR count). The summed E-state index contributed by atoms with van der Waals surface area (Å²) < 4.78 is 5.98. The highest BCUT2D eigenvalue weighted by Gasteiger charge is 2.25. The molecule has 1 saturated heterocycles. The van der Waals surface area contributed by atoms with Gasteiger partial charge in [0.2, 0.25) is 0 Å². The van der Waals surface area contributed by atoms with Gasteiger partial charge in [-0.1, -0.05) is 23.7 Å². The lowest BCUT2D eigenvalue weighted by Gasteiger charge is -2.31. The highest BCUT2D eigenvalue weighted by molar-refractivity contribution is 7.19. The Hall–Kier alpha value is -1.08. The summed E-state index contributed by atoms with van der Waals surface area (Å²) in [6.45, 7) is 5.70. The van der Waals surface area contributed by atoms with Gasteiger partial charge in [0.1, 0.15) is 0 Å². The Bertz CT molecular complexity index is 666. The topological polar surface area (TPSA) is 58.4 Å². The monoisotopic (exact) mass is 389 g/mol. The van der Waals surface area contributed by atoms with Crippen LogP contribution in [0.5, 0.6) is 0 Å². The number of hydrogen-bond acceptors (Lipinski definition) is 5. The van der Waals surface area contributed by atoms with Gasteiger partial charge >= 0.3 is 0 Å². The first-order valence-corrected chi connectivity index (χ1v) is 9.09. The molecule has 0 aliphatic carbocycles. The zero-order valence-electron chi connectivity index (χ0n) is 13.5. The minimum absolute atomic E-state index is 0. The Morgan fingerprint density at radius 3 is 2.83 bits per heavy atom. The number of hydrogen-bond donors (Lipinski definition) is 1. The van der Waals surface area contributed by atoms with Crippen molar-refractivity contribution >= 4 is 41.3 Å². The first kappa shape index (κ1) is 19.2. The number of aromatic nitrogens is 1. The average Bonchev–Trinajstić information content (AvgIpc) is 3.21. The molecule has 0 radical (unpaired) electrons. The first-order chi connectivity index (χ1) is 11.2. The number of amides is 1. The van der Waals surface area contributed by atoms with Crippen molar-refractivity contribution in [2.75, 3.05) is 26.2 Å². The van der Waals surface area contributed by atoms with Crippen molar-refractivity contribution in [3.05, 3.63) is 28.2 Å². The third-order valence-corrected chi connectivity index (χ3v) is 5.38. The molecule has 0 unspecified atom stereocenters. The number of likely N-dealkylation sites (tertiary alicyclic amines) is 1. The van der Waals surface area contributed by atoms with Crippen LogP contribution >= 0.6 is 35.3 Å². The highest BCUT2D eigenvalue weighted by atomic mass is 35.5. The zero-order valence-corrected chi connectivity index (χ0v) is 15.8. The van der Waals surface area contributed by atoms with E-state index in [-0.39, 0.29) is 18.3 Å². The first-order valence-electron chi connectivity index (χ1n) is 7.89. The third-order valence-electron chi connectivity index (χ3n) is 4.13. The molecule has 0 bridgehead atoms. The number of carbonyl (C=O) groups excluding carboxylic acids is 1. The molecule has 1 aliphatic rings. The molecule has 132 valence electrons. The van der Waals surface area contributed by atoms with Crippen molar-refractivity contribution in [3.8, 4) is 10.6 Å². The lowest BCUT2D eigenvalue weighted by Crippen LogP contribution is -2.40. The van der Waals surface area contributed by atoms with E-state index in [1.807, 2.05) is 11.0 Å². The third kappa shape index (κ3) is 4.51. The molecule has 0 aromatic carbocycles. The van der Waals surface area contributed by atoms with Crippen molar-refractivity contribution in [3.63, 3.8) is 0 Å². The van der Waals surface area contributed by atoms with Gasteiger partial charge in [-0.3, -0.25) is 4.79 Å². The predicted octanol–water partition coefficient (Wildman–Crippen LogP) is 3.94. The van der Waals surface area contributed by atoms with Gasteiger partial charge in [-0.2, -0.15) is 0 Å². The summed E-state index contributed by atoms with van der Waals surface area (Å²) in [6, 6.07) is 5.38. The normalized spacial score (nSPS) is 15.3. The van der Waals surface area contributed by atoms with E-state index >= 15 is 0 Å². The molecule has 1 aliphatic heterocycles. The molecule has 8 heteroatoms. The molecular formula is C16H21Cl2N3O2S. The molecule has 2 aromatic heterocycles. The van der Waals surface area contributed by atoms with Gasteiger partial charge in [-0.25, -0.2) is 0 Å². The van der Waals surface area contributed by atoms with Crippen LogP contribution in [0, 0.1) is 5.92 Å². The second kappa shape index (κ2) is 8.85. The van der Waals surface area contributed by atoms with Gasteiger partial charge in [-0.05, 0) is 44.0 Å². The van der Waals surface area contributed by atoms with Crippen molar-refractivity contribution in [1.82, 2.24) is 15.4 Å². The van der Waals surface area contributed by atoms with E-state index < -0.39 is 0 Å². The van der Waals surface area contributed by atoms with E-state index in [4.69, 9.17) is 16.1 Å². The number of thiophene rings is 1. The van der Waals surface area contributed by atoms with Gasteiger partial charge in [0.25, 0.3) is 5.91 Å². The highest BCUT2D eigenvalue weighted by Crippen LogP contribution is 2.31. The maximum atomic E-state index is 12.5. The van der Waals surface area contributed by atoms with Gasteiger partial charge < -0.3 is 14.7 Å². The Labute approximate surface area is 156 Å². The zero-order chi connectivity index (χ0) is 16.2. The number of rotatable bonds is 5. The molecule has 2 aromatic rings. The number of carbonyl (C=O) groups is 1. The van der Waals surface area contributed by atoms with Crippen LogP contribution < -0.4 is 5.32 Å². The fourth-order valence-electron chi connectivity index (χ4n) is 2.79. The minimum Gasteiger partial charge on any atom is -0.355 e. The van der Waals surface area contributed by atoms with E-state index in [9.17, 15) is 4.79 Å². The van der Waals surface area contributed by atoms with E-state index in [1.54, 1.807) is 12.1 Å². The summed E-state index contributed by atoms with van der Waals surface area (Å²) in [5.41, 5.74) is 0.370. The lowest BCUT2D eigenvalue weighted by atomic mass is 9.96. The fraction of sp³-hybridized carbons (Fsp3) is 0.500. The summed E-state index contributed by atoms with van der Waals surface area (Å²) >= 11 is 7.34. The summed E-state index contributed by atoms with van der Waals surface area (Å²) in [4.78, 5) is 15.3. The molecule has 0 atom stereocenters. The van der Waals surface area contributed by atoms with Crippen molar-refractivity contribution < 1.29 is 9.32 Å². The largest absolute Gasteiger partial charge is 0.355 e. The summed E-state index contributed by atoms with van der Waals surface area (Å²) in [5.74, 6) is 1.19. The molecule has 1 N–H and O–H groups in total. The summed E-state index contributed by atoms with van der Waals surface area (Å²) in [7, 11) is 0. The van der Waals surface area contributed by atoms with Crippen molar-refractivity contribution in [2.45, 2.75) is 19.8 Å². The average molecular weight is 390 g/mol. The van der Waals surface area contributed by atoms with Gasteiger partial charge in [0.05, 0.1) is 9.21 Å². The summed E-state index contributed by atoms with van der Waals surface area (Å²) in [6.07, 6.45) is 2.06. The Morgan fingerprint density at radius 2 is 2.21 bits per heavy atom.